The molecule has 1 aromatic carbocycles. The summed E-state index contributed by atoms with van der Waals surface area (Å²) in [6.45, 7) is 4.03. The molecule has 0 radical (unpaired) electrons. The molecule has 0 bridgehead atoms. The summed E-state index contributed by atoms with van der Waals surface area (Å²) in [5, 5.41) is 10.5. The molecular weight excluding hydrogens is 260 g/mol. The summed E-state index contributed by atoms with van der Waals surface area (Å²) in [6.07, 6.45) is 5.05. The lowest BCUT2D eigenvalue weighted by Crippen LogP contribution is -2.42. The Morgan fingerprint density at radius 2 is 2.00 bits per heavy atom. The Balaban J connectivity index is 2.05. The highest BCUT2D eigenvalue weighted by molar-refractivity contribution is 6.12. The molecule has 2 nitrogen and oxygen atoms in total. The normalized spacial score (nSPS) is 31.5. The minimum absolute atomic E-state index is 0.153. The first kappa shape index (κ1) is 14.3. The van der Waals surface area contributed by atoms with Crippen molar-refractivity contribution in [2.75, 3.05) is 0 Å². The fourth-order valence-corrected chi connectivity index (χ4v) is 3.84. The number of benzene rings is 1. The van der Waals surface area contributed by atoms with Gasteiger partial charge in [0.15, 0.2) is 5.78 Å². The lowest BCUT2D eigenvalue weighted by atomic mass is 9.61. The van der Waals surface area contributed by atoms with Crippen molar-refractivity contribution in [1.82, 2.24) is 0 Å². The van der Waals surface area contributed by atoms with Gasteiger partial charge in [0, 0.05) is 11.0 Å². The Bertz CT molecular complexity index is 624. The van der Waals surface area contributed by atoms with Gasteiger partial charge in [0.1, 0.15) is 0 Å². The van der Waals surface area contributed by atoms with E-state index >= 15 is 0 Å². The van der Waals surface area contributed by atoms with Crippen LogP contribution in [0.25, 0.3) is 6.08 Å². The average molecular weight is 282 g/mol. The van der Waals surface area contributed by atoms with Crippen LogP contribution in [0.2, 0.25) is 0 Å². The van der Waals surface area contributed by atoms with E-state index in [9.17, 15) is 9.90 Å². The van der Waals surface area contributed by atoms with Gasteiger partial charge in [-0.25, -0.2) is 0 Å². The molecule has 0 aromatic heterocycles. The zero-order valence-electron chi connectivity index (χ0n) is 12.7. The van der Waals surface area contributed by atoms with Gasteiger partial charge in [0.05, 0.1) is 6.10 Å². The van der Waals surface area contributed by atoms with Crippen LogP contribution in [0.3, 0.4) is 0 Å². The number of aliphatic hydroxyl groups excluding tert-OH is 1. The molecule has 1 N–H and O–H groups in total. The van der Waals surface area contributed by atoms with Crippen LogP contribution in [0.4, 0.5) is 0 Å². The van der Waals surface area contributed by atoms with Crippen molar-refractivity contribution in [3.05, 3.63) is 52.6 Å². The summed E-state index contributed by atoms with van der Waals surface area (Å²) in [5.41, 5.74) is 3.63. The van der Waals surface area contributed by atoms with Gasteiger partial charge in [-0.2, -0.15) is 0 Å². The number of rotatable bonds is 1. The highest BCUT2D eigenvalue weighted by atomic mass is 16.3. The van der Waals surface area contributed by atoms with Crippen molar-refractivity contribution in [2.45, 2.75) is 45.6 Å². The summed E-state index contributed by atoms with van der Waals surface area (Å²) in [5.74, 6) is 0.153. The quantitative estimate of drug-likeness (QED) is 0.793. The van der Waals surface area contributed by atoms with Crippen molar-refractivity contribution in [1.29, 1.82) is 0 Å². The highest BCUT2D eigenvalue weighted by Crippen LogP contribution is 2.50. The summed E-state index contributed by atoms with van der Waals surface area (Å²) >= 11 is 0. The third kappa shape index (κ3) is 2.38. The van der Waals surface area contributed by atoms with Crippen LogP contribution in [-0.2, 0) is 4.79 Å². The van der Waals surface area contributed by atoms with E-state index in [2.05, 4.69) is 6.92 Å². The van der Waals surface area contributed by atoms with Gasteiger partial charge in [0.2, 0.25) is 0 Å². The maximum absolute atomic E-state index is 12.6. The van der Waals surface area contributed by atoms with Crippen LogP contribution in [-0.4, -0.2) is 17.0 Å². The molecule has 2 aliphatic carbocycles. The molecule has 2 atom stereocenters. The zero-order chi connectivity index (χ0) is 15.0. The summed E-state index contributed by atoms with van der Waals surface area (Å²) < 4.78 is 0. The largest absolute Gasteiger partial charge is 0.392 e. The van der Waals surface area contributed by atoms with Crippen molar-refractivity contribution in [3.63, 3.8) is 0 Å². The van der Waals surface area contributed by atoms with E-state index in [1.807, 2.05) is 43.3 Å². The van der Waals surface area contributed by atoms with Gasteiger partial charge in [-0.05, 0) is 49.8 Å². The SMILES string of the molecule is CC1=C2CCCC(O)C2(C)C/C(=C\c2ccccc2)C1=O. The van der Waals surface area contributed by atoms with Gasteiger partial charge in [-0.15, -0.1) is 0 Å². The number of ketones is 1. The lowest BCUT2D eigenvalue weighted by Gasteiger charge is -2.45. The van der Waals surface area contributed by atoms with Crippen LogP contribution < -0.4 is 0 Å². The molecule has 2 heteroatoms. The molecular formula is C19H22O2. The monoisotopic (exact) mass is 282 g/mol. The summed E-state index contributed by atoms with van der Waals surface area (Å²) in [4.78, 5) is 12.6. The molecule has 0 aliphatic heterocycles. The Kier molecular flexibility index (Phi) is 3.58. The van der Waals surface area contributed by atoms with Crippen molar-refractivity contribution < 1.29 is 9.90 Å². The van der Waals surface area contributed by atoms with Crippen LogP contribution in [0, 0.1) is 5.41 Å². The van der Waals surface area contributed by atoms with E-state index in [1.54, 1.807) is 0 Å². The molecule has 0 saturated heterocycles. The highest BCUT2D eigenvalue weighted by Gasteiger charge is 2.45. The van der Waals surface area contributed by atoms with Crippen LogP contribution in [0.5, 0.6) is 0 Å². The van der Waals surface area contributed by atoms with Crippen molar-refractivity contribution in [2.24, 2.45) is 5.41 Å². The first-order chi connectivity index (χ1) is 10.0. The van der Waals surface area contributed by atoms with E-state index in [1.165, 1.54) is 5.57 Å². The van der Waals surface area contributed by atoms with Gasteiger partial charge < -0.3 is 5.11 Å². The Labute approximate surface area is 126 Å². The fraction of sp³-hybridized carbons (Fsp3) is 0.421. The molecule has 21 heavy (non-hydrogen) atoms. The summed E-state index contributed by atoms with van der Waals surface area (Å²) in [7, 11) is 0. The van der Waals surface area contributed by atoms with Gasteiger partial charge >= 0.3 is 0 Å². The van der Waals surface area contributed by atoms with Gasteiger partial charge in [-0.3, -0.25) is 4.79 Å². The number of allylic oxidation sites excluding steroid dienone is 2. The van der Waals surface area contributed by atoms with Crippen LogP contribution >= 0.6 is 0 Å². The van der Waals surface area contributed by atoms with E-state index in [4.69, 9.17) is 0 Å². The molecule has 0 heterocycles. The number of aliphatic hydroxyl groups is 1. The maximum Gasteiger partial charge on any atom is 0.184 e. The lowest BCUT2D eigenvalue weighted by molar-refractivity contribution is -0.113. The topological polar surface area (TPSA) is 37.3 Å². The molecule has 2 aliphatic rings. The Morgan fingerprint density at radius 1 is 1.29 bits per heavy atom. The average Bonchev–Trinajstić information content (AvgIpc) is 2.48. The molecule has 0 spiro atoms. The second-order valence-electron chi connectivity index (χ2n) is 6.52. The predicted molar refractivity (Wildman–Crippen MR) is 84.7 cm³/mol. The van der Waals surface area contributed by atoms with Crippen molar-refractivity contribution in [3.8, 4) is 0 Å². The minimum atomic E-state index is -0.344. The first-order valence-electron chi connectivity index (χ1n) is 7.71. The van der Waals surface area contributed by atoms with E-state index in [0.29, 0.717) is 6.42 Å². The van der Waals surface area contributed by atoms with Gasteiger partial charge in [0.25, 0.3) is 0 Å². The molecule has 110 valence electrons. The van der Waals surface area contributed by atoms with Crippen molar-refractivity contribution >= 4 is 11.9 Å². The molecule has 0 amide bonds. The van der Waals surface area contributed by atoms with Gasteiger partial charge in [-0.1, -0.05) is 42.8 Å². The Hall–Kier alpha value is -1.67. The smallest absolute Gasteiger partial charge is 0.184 e. The third-order valence-electron chi connectivity index (χ3n) is 5.11. The summed E-state index contributed by atoms with van der Waals surface area (Å²) in [6, 6.07) is 9.94. The Morgan fingerprint density at radius 3 is 2.71 bits per heavy atom. The van der Waals surface area contributed by atoms with E-state index < -0.39 is 0 Å². The zero-order valence-corrected chi connectivity index (χ0v) is 12.7. The maximum atomic E-state index is 12.6. The number of hydrogen-bond acceptors (Lipinski definition) is 2. The third-order valence-corrected chi connectivity index (χ3v) is 5.11. The van der Waals surface area contributed by atoms with E-state index in [-0.39, 0.29) is 17.3 Å². The van der Waals surface area contributed by atoms with Crippen LogP contribution in [0.1, 0.15) is 45.1 Å². The standard InChI is InChI=1S/C19H22O2/c1-13-16-9-6-10-17(20)19(16,2)12-15(18(13)21)11-14-7-4-3-5-8-14/h3-5,7-8,11,17,20H,6,9-10,12H2,1-2H3/b15-11+. The molecule has 1 saturated carbocycles. The number of hydrogen-bond donors (Lipinski definition) is 1. The first-order valence-corrected chi connectivity index (χ1v) is 7.71. The van der Waals surface area contributed by atoms with Crippen LogP contribution in [0.15, 0.2) is 47.1 Å². The fourth-order valence-electron chi connectivity index (χ4n) is 3.84. The number of carbonyl (C=O) groups is 1. The predicted octanol–water partition coefficient (Wildman–Crippen LogP) is 3.91. The number of fused-ring (bicyclic) bond motifs is 1. The number of Topliss-reactive ketones (excluding diaryl/α,β-unsaturated/α-hetero) is 1. The molecule has 3 rings (SSSR count). The van der Waals surface area contributed by atoms with E-state index in [0.717, 1.165) is 36.0 Å². The second kappa shape index (κ2) is 5.27. The molecule has 1 fully saturated rings. The minimum Gasteiger partial charge on any atom is -0.392 e. The number of carbonyl (C=O) groups excluding carboxylic acids is 1. The molecule has 1 aromatic rings. The second-order valence-corrected chi connectivity index (χ2v) is 6.52. The molecule has 2 unspecified atom stereocenters.